The molecule has 1 aliphatic rings. The Morgan fingerprint density at radius 1 is 1.20 bits per heavy atom. The molecular formula is C5H9FO4. The number of hydrogen-bond donors (Lipinski definition) is 3. The summed E-state index contributed by atoms with van der Waals surface area (Å²) in [7, 11) is 0. The molecule has 2 unspecified atom stereocenters. The van der Waals surface area contributed by atoms with Crippen LogP contribution in [0.3, 0.4) is 0 Å². The maximum atomic E-state index is 11.8. The predicted octanol–water partition coefficient (Wildman–Crippen LogP) is -1.61. The Hall–Kier alpha value is -0.230. The molecule has 1 rings (SSSR count). The lowest BCUT2D eigenvalue weighted by Gasteiger charge is -2.08. The van der Waals surface area contributed by atoms with Crippen LogP contribution in [0.5, 0.6) is 0 Å². The van der Waals surface area contributed by atoms with Gasteiger partial charge < -0.3 is 20.1 Å². The van der Waals surface area contributed by atoms with Crippen LogP contribution in [-0.4, -0.2) is 46.6 Å². The van der Waals surface area contributed by atoms with E-state index in [2.05, 4.69) is 4.74 Å². The summed E-state index contributed by atoms with van der Waals surface area (Å²) >= 11 is 0. The quantitative estimate of drug-likeness (QED) is 0.422. The van der Waals surface area contributed by atoms with E-state index in [0.717, 1.165) is 0 Å². The van der Waals surface area contributed by atoms with Gasteiger partial charge in [0.05, 0.1) is 0 Å². The topological polar surface area (TPSA) is 69.9 Å². The van der Waals surface area contributed by atoms with Crippen molar-refractivity contribution in [1.29, 1.82) is 0 Å². The van der Waals surface area contributed by atoms with Gasteiger partial charge >= 0.3 is 0 Å². The normalized spacial score (nSPS) is 48.0. The van der Waals surface area contributed by atoms with Crippen LogP contribution in [0, 0.1) is 0 Å². The van der Waals surface area contributed by atoms with Gasteiger partial charge in [-0.05, 0) is 0 Å². The van der Waals surface area contributed by atoms with Gasteiger partial charge in [-0.15, -0.1) is 0 Å². The molecule has 0 spiro atoms. The molecule has 4 nitrogen and oxygen atoms in total. The number of alkyl halides is 1. The summed E-state index contributed by atoms with van der Waals surface area (Å²) in [6.45, 7) is -0.907. The predicted molar refractivity (Wildman–Crippen MR) is 28.9 cm³/mol. The number of halogens is 1. The maximum absolute atomic E-state index is 11.8. The Bertz CT molecular complexity index is 120. The van der Waals surface area contributed by atoms with Crippen LogP contribution >= 0.6 is 0 Å². The van der Waals surface area contributed by atoms with Crippen molar-refractivity contribution in [2.45, 2.75) is 24.6 Å². The first-order valence-electron chi connectivity index (χ1n) is 2.92. The first-order valence-corrected chi connectivity index (χ1v) is 2.92. The molecule has 5 heteroatoms. The molecule has 0 radical (unpaired) electrons. The Morgan fingerprint density at radius 2 is 1.80 bits per heavy atom. The Balaban J connectivity index is 2.53. The fourth-order valence-electron chi connectivity index (χ4n) is 0.856. The second-order valence-electron chi connectivity index (χ2n) is 2.20. The lowest BCUT2D eigenvalue weighted by Crippen LogP contribution is -2.33. The second kappa shape index (κ2) is 2.79. The van der Waals surface area contributed by atoms with Gasteiger partial charge in [0.1, 0.15) is 25.0 Å². The van der Waals surface area contributed by atoms with Crippen molar-refractivity contribution in [2.75, 3.05) is 6.67 Å². The highest BCUT2D eigenvalue weighted by Gasteiger charge is 2.41. The standard InChI is InChI=1S/C5H9FO4/c6-1-2-3(7)4(8)5(9)10-2/h2-5,7-9H,1H2/t2-,3?,4?,5-/m1/s1/i6-1. The highest BCUT2D eigenvalue weighted by molar-refractivity contribution is 4.84. The maximum Gasteiger partial charge on any atom is 0.184 e. The van der Waals surface area contributed by atoms with Gasteiger partial charge in [0.25, 0.3) is 0 Å². The molecule has 60 valence electrons. The van der Waals surface area contributed by atoms with Crippen molar-refractivity contribution in [3.63, 3.8) is 0 Å². The van der Waals surface area contributed by atoms with Crippen molar-refractivity contribution >= 4 is 0 Å². The summed E-state index contributed by atoms with van der Waals surface area (Å²) in [6, 6.07) is 0. The summed E-state index contributed by atoms with van der Waals surface area (Å²) in [5, 5.41) is 26.3. The Kier molecular flexibility index (Phi) is 2.20. The molecule has 0 saturated carbocycles. The summed E-state index contributed by atoms with van der Waals surface area (Å²) in [5.41, 5.74) is 0. The monoisotopic (exact) mass is 151 g/mol. The van der Waals surface area contributed by atoms with E-state index in [0.29, 0.717) is 0 Å². The largest absolute Gasteiger partial charge is 0.387 e. The lowest BCUT2D eigenvalue weighted by molar-refractivity contribution is -0.129. The smallest absolute Gasteiger partial charge is 0.184 e. The Labute approximate surface area is 56.9 Å². The Morgan fingerprint density at radius 3 is 2.00 bits per heavy atom. The summed E-state index contributed by atoms with van der Waals surface area (Å²) in [4.78, 5) is 0. The van der Waals surface area contributed by atoms with Crippen molar-refractivity contribution in [1.82, 2.24) is 0 Å². The SMILES string of the molecule is OC1C(O)[C@@H](C[18F])O[C@H]1O. The van der Waals surface area contributed by atoms with Crippen LogP contribution in [0.1, 0.15) is 0 Å². The third kappa shape index (κ3) is 1.13. The summed E-state index contributed by atoms with van der Waals surface area (Å²) in [6.07, 6.45) is -5.26. The molecule has 10 heavy (non-hydrogen) atoms. The van der Waals surface area contributed by atoms with Gasteiger partial charge in [0.15, 0.2) is 6.29 Å². The molecule has 1 aliphatic heterocycles. The van der Waals surface area contributed by atoms with E-state index in [4.69, 9.17) is 15.3 Å². The molecule has 0 aromatic carbocycles. The third-order valence-electron chi connectivity index (χ3n) is 1.49. The third-order valence-corrected chi connectivity index (χ3v) is 1.49. The van der Waals surface area contributed by atoms with Crippen molar-refractivity contribution in [3.8, 4) is 0 Å². The molecule has 1 saturated heterocycles. The van der Waals surface area contributed by atoms with Crippen molar-refractivity contribution < 1.29 is 24.4 Å². The molecule has 0 aromatic heterocycles. The second-order valence-corrected chi connectivity index (χ2v) is 2.20. The zero-order valence-corrected chi connectivity index (χ0v) is 5.14. The van der Waals surface area contributed by atoms with E-state index in [-0.39, 0.29) is 0 Å². The van der Waals surface area contributed by atoms with E-state index in [1.54, 1.807) is 0 Å². The molecule has 0 bridgehead atoms. The zero-order chi connectivity index (χ0) is 7.72. The van der Waals surface area contributed by atoms with Crippen LogP contribution < -0.4 is 0 Å². The van der Waals surface area contributed by atoms with Gasteiger partial charge in [0, 0.05) is 0 Å². The van der Waals surface area contributed by atoms with Crippen LogP contribution in [0.2, 0.25) is 0 Å². The molecule has 1 heterocycles. The van der Waals surface area contributed by atoms with Crippen LogP contribution in [0.4, 0.5) is 4.39 Å². The van der Waals surface area contributed by atoms with E-state index < -0.39 is 31.3 Å². The lowest BCUT2D eigenvalue weighted by atomic mass is 10.1. The fraction of sp³-hybridized carbons (Fsp3) is 1.00. The molecule has 4 atom stereocenters. The zero-order valence-electron chi connectivity index (χ0n) is 5.14. The van der Waals surface area contributed by atoms with Gasteiger partial charge in [-0.1, -0.05) is 0 Å². The highest BCUT2D eigenvalue weighted by Crippen LogP contribution is 2.19. The van der Waals surface area contributed by atoms with Crippen LogP contribution in [0.25, 0.3) is 0 Å². The van der Waals surface area contributed by atoms with E-state index >= 15 is 0 Å². The van der Waals surface area contributed by atoms with Crippen molar-refractivity contribution in [2.24, 2.45) is 0 Å². The highest BCUT2D eigenvalue weighted by atomic mass is 18.2. The average Bonchev–Trinajstić information content (AvgIpc) is 2.17. The molecular weight excluding hydrogens is 142 g/mol. The summed E-state index contributed by atoms with van der Waals surface area (Å²) < 4.78 is 16.2. The number of rotatable bonds is 1. The number of aliphatic hydroxyl groups excluding tert-OH is 3. The van der Waals surface area contributed by atoms with Gasteiger partial charge in [-0.2, -0.15) is 0 Å². The molecule has 0 aromatic rings. The van der Waals surface area contributed by atoms with E-state index in [1.807, 2.05) is 0 Å². The van der Waals surface area contributed by atoms with Crippen LogP contribution in [-0.2, 0) is 4.74 Å². The molecule has 0 aliphatic carbocycles. The number of ether oxygens (including phenoxy) is 1. The van der Waals surface area contributed by atoms with Gasteiger partial charge in [-0.3, -0.25) is 0 Å². The fourth-order valence-corrected chi connectivity index (χ4v) is 0.856. The molecule has 0 amide bonds. The minimum absolute atomic E-state index is 0.907. The van der Waals surface area contributed by atoms with Crippen molar-refractivity contribution in [3.05, 3.63) is 0 Å². The minimum atomic E-state index is -1.46. The number of hydrogen-bond acceptors (Lipinski definition) is 4. The molecule has 1 fully saturated rings. The summed E-state index contributed by atoms with van der Waals surface area (Å²) in [5.74, 6) is 0. The first kappa shape index (κ1) is 7.87. The number of aliphatic hydroxyl groups is 3. The average molecular weight is 151 g/mol. The van der Waals surface area contributed by atoms with Gasteiger partial charge in [0.2, 0.25) is 0 Å². The minimum Gasteiger partial charge on any atom is -0.387 e. The van der Waals surface area contributed by atoms with E-state index in [1.165, 1.54) is 0 Å². The molecule has 3 N–H and O–H groups in total. The van der Waals surface area contributed by atoms with E-state index in [9.17, 15) is 4.39 Å². The first-order chi connectivity index (χ1) is 4.66. The van der Waals surface area contributed by atoms with Crippen LogP contribution in [0.15, 0.2) is 0 Å². The van der Waals surface area contributed by atoms with Gasteiger partial charge in [-0.25, -0.2) is 4.39 Å².